The van der Waals surface area contributed by atoms with Crippen molar-refractivity contribution in [3.05, 3.63) is 22.0 Å². The maximum Gasteiger partial charge on any atom is 0.152 e. The number of hydrogen-bond donors (Lipinski definition) is 1. The van der Waals surface area contributed by atoms with Gasteiger partial charge in [0.2, 0.25) is 0 Å². The summed E-state index contributed by atoms with van der Waals surface area (Å²) in [4.78, 5) is 4.20. The molecule has 1 aliphatic rings. The molecule has 1 radical (unpaired) electrons. The van der Waals surface area contributed by atoms with Crippen LogP contribution in [0.2, 0.25) is 0 Å². The molecule has 0 saturated carbocycles. The Labute approximate surface area is 68.1 Å². The molecule has 0 bridgehead atoms. The van der Waals surface area contributed by atoms with Crippen LogP contribution >= 0.6 is 23.1 Å². The highest BCUT2D eigenvalue weighted by Crippen LogP contribution is 2.29. The van der Waals surface area contributed by atoms with E-state index in [1.807, 2.05) is 23.3 Å². The van der Waals surface area contributed by atoms with Crippen LogP contribution in [-0.2, 0) is 0 Å². The van der Waals surface area contributed by atoms with Crippen molar-refractivity contribution < 1.29 is 0 Å². The van der Waals surface area contributed by atoms with E-state index in [1.165, 1.54) is 11.1 Å². The molecule has 0 aromatic carbocycles. The van der Waals surface area contributed by atoms with Gasteiger partial charge in [-0.05, 0) is 0 Å². The van der Waals surface area contributed by atoms with Crippen molar-refractivity contribution in [1.29, 1.82) is 0 Å². The third-order valence-electron chi connectivity index (χ3n) is 1.26. The van der Waals surface area contributed by atoms with Gasteiger partial charge in [-0.25, -0.2) is 4.98 Å². The fourth-order valence-electron chi connectivity index (χ4n) is 0.842. The van der Waals surface area contributed by atoms with Crippen molar-refractivity contribution in [2.45, 2.75) is 0 Å². The van der Waals surface area contributed by atoms with Crippen molar-refractivity contribution in [2.75, 3.05) is 12.3 Å². The highest BCUT2D eigenvalue weighted by Gasteiger charge is 2.19. The molecule has 0 atom stereocenters. The molecule has 4 heteroatoms. The van der Waals surface area contributed by atoms with Crippen LogP contribution in [0.3, 0.4) is 0 Å². The summed E-state index contributed by atoms with van der Waals surface area (Å²) in [7, 11) is 0. The summed E-state index contributed by atoms with van der Waals surface area (Å²) in [5.41, 5.74) is 0. The number of aromatic nitrogens is 1. The van der Waals surface area contributed by atoms with E-state index in [9.17, 15) is 0 Å². The fourth-order valence-corrected chi connectivity index (χ4v) is 2.50. The van der Waals surface area contributed by atoms with Gasteiger partial charge < -0.3 is 0 Å². The fraction of sp³-hybridized carbons (Fsp3) is 0.333. The van der Waals surface area contributed by atoms with E-state index in [4.69, 9.17) is 0 Å². The highest BCUT2D eigenvalue weighted by molar-refractivity contribution is 8.02. The molecule has 1 fully saturated rings. The number of rotatable bonds is 1. The number of nitrogens with zero attached hydrogens (tertiary/aromatic N) is 1. The smallest absolute Gasteiger partial charge is 0.152 e. The molecule has 2 rings (SSSR count). The maximum atomic E-state index is 4.20. The van der Waals surface area contributed by atoms with Crippen molar-refractivity contribution in [1.82, 2.24) is 10.3 Å². The molecule has 1 aromatic heterocycles. The van der Waals surface area contributed by atoms with E-state index in [0.717, 1.165) is 11.6 Å². The average molecular weight is 171 g/mol. The first-order valence-electron chi connectivity index (χ1n) is 3.10. The van der Waals surface area contributed by atoms with Gasteiger partial charge >= 0.3 is 0 Å². The molecule has 1 N–H and O–H groups in total. The Kier molecular flexibility index (Phi) is 1.93. The second kappa shape index (κ2) is 2.90. The minimum Gasteiger partial charge on any atom is -0.294 e. The normalized spacial score (nSPS) is 20.0. The Bertz CT molecular complexity index is 192. The molecule has 1 saturated heterocycles. The summed E-state index contributed by atoms with van der Waals surface area (Å²) in [5.74, 6) is 1.18. The summed E-state index contributed by atoms with van der Waals surface area (Å²) in [6.07, 6.45) is 1.84. The minimum absolute atomic E-state index is 1.08. The molecule has 2 heterocycles. The lowest BCUT2D eigenvalue weighted by Crippen LogP contribution is -2.12. The Balaban J connectivity index is 2.12. The molecule has 0 aliphatic carbocycles. The maximum absolute atomic E-state index is 4.20. The Hall–Kier alpha value is -0.0600. The molecule has 1 aromatic rings. The van der Waals surface area contributed by atoms with E-state index in [0.29, 0.717) is 0 Å². The third kappa shape index (κ3) is 1.19. The van der Waals surface area contributed by atoms with Crippen molar-refractivity contribution in [3.63, 3.8) is 0 Å². The highest BCUT2D eigenvalue weighted by atomic mass is 32.2. The molecule has 10 heavy (non-hydrogen) atoms. The van der Waals surface area contributed by atoms with Crippen molar-refractivity contribution in [2.24, 2.45) is 0 Å². The lowest BCUT2D eigenvalue weighted by Gasteiger charge is -2.00. The summed E-state index contributed by atoms with van der Waals surface area (Å²) in [6, 6.07) is 0. The van der Waals surface area contributed by atoms with E-state index >= 15 is 0 Å². The van der Waals surface area contributed by atoms with Crippen LogP contribution in [0.1, 0.15) is 5.01 Å². The summed E-state index contributed by atoms with van der Waals surface area (Å²) < 4.78 is 0. The zero-order valence-corrected chi connectivity index (χ0v) is 6.97. The van der Waals surface area contributed by atoms with Crippen molar-refractivity contribution >= 4 is 23.1 Å². The number of hydrogen-bond acceptors (Lipinski definition) is 4. The van der Waals surface area contributed by atoms with Crippen LogP contribution in [0.15, 0.2) is 11.6 Å². The first kappa shape index (κ1) is 6.64. The second-order valence-corrected chi connectivity index (χ2v) is 3.94. The second-order valence-electron chi connectivity index (χ2n) is 1.94. The van der Waals surface area contributed by atoms with Gasteiger partial charge in [-0.2, -0.15) is 0 Å². The standard InChI is InChI=1S/C6H7N2S2/c1-3-9-5(7-1)6-8-2-4-10-6/h1,3,8H,2,4H2. The lowest BCUT2D eigenvalue weighted by atomic mass is 10.6. The Morgan fingerprint density at radius 2 is 2.60 bits per heavy atom. The molecule has 1 aliphatic heterocycles. The average Bonchev–Trinajstić information content (AvgIpc) is 2.59. The van der Waals surface area contributed by atoms with Crippen LogP contribution in [-0.4, -0.2) is 17.3 Å². The van der Waals surface area contributed by atoms with Crippen molar-refractivity contribution in [3.8, 4) is 0 Å². The first-order valence-corrected chi connectivity index (χ1v) is 4.97. The van der Waals surface area contributed by atoms with Crippen LogP contribution in [0.5, 0.6) is 0 Å². The monoisotopic (exact) mass is 171 g/mol. The first-order chi connectivity index (χ1) is 4.97. The van der Waals surface area contributed by atoms with Crippen LogP contribution < -0.4 is 5.32 Å². The van der Waals surface area contributed by atoms with Gasteiger partial charge in [0, 0.05) is 23.9 Å². The molecule has 0 spiro atoms. The van der Waals surface area contributed by atoms with Gasteiger partial charge in [-0.3, -0.25) is 5.32 Å². The third-order valence-corrected chi connectivity index (χ3v) is 3.21. The van der Waals surface area contributed by atoms with E-state index in [2.05, 4.69) is 10.3 Å². The van der Waals surface area contributed by atoms with Crippen LogP contribution in [0, 0.1) is 5.37 Å². The van der Waals surface area contributed by atoms with Gasteiger partial charge in [-0.1, -0.05) is 0 Å². The summed E-state index contributed by atoms with van der Waals surface area (Å²) in [5, 5.41) is 7.66. The van der Waals surface area contributed by atoms with E-state index < -0.39 is 0 Å². The Morgan fingerprint density at radius 3 is 3.20 bits per heavy atom. The molecule has 0 amide bonds. The van der Waals surface area contributed by atoms with Gasteiger partial charge in [0.15, 0.2) is 5.37 Å². The zero-order valence-electron chi connectivity index (χ0n) is 5.33. The Morgan fingerprint density at radius 1 is 1.60 bits per heavy atom. The van der Waals surface area contributed by atoms with Gasteiger partial charge in [0.1, 0.15) is 5.01 Å². The minimum atomic E-state index is 1.08. The molecule has 0 unspecified atom stereocenters. The summed E-state index contributed by atoms with van der Waals surface area (Å²) >= 11 is 3.54. The van der Waals surface area contributed by atoms with Gasteiger partial charge in [0.25, 0.3) is 0 Å². The number of nitrogens with one attached hydrogen (secondary N) is 1. The molecular weight excluding hydrogens is 164 g/mol. The van der Waals surface area contributed by atoms with Crippen LogP contribution in [0.25, 0.3) is 0 Å². The van der Waals surface area contributed by atoms with Crippen LogP contribution in [0.4, 0.5) is 0 Å². The molecular formula is C6H7N2S2. The van der Waals surface area contributed by atoms with E-state index in [-0.39, 0.29) is 0 Å². The molecule has 2 nitrogen and oxygen atoms in total. The van der Waals surface area contributed by atoms with Gasteiger partial charge in [0.05, 0.1) is 0 Å². The van der Waals surface area contributed by atoms with Gasteiger partial charge in [-0.15, -0.1) is 23.1 Å². The lowest BCUT2D eigenvalue weighted by molar-refractivity contribution is 0.879. The number of thioether (sulfide) groups is 1. The quantitative estimate of drug-likeness (QED) is 0.689. The predicted octanol–water partition coefficient (Wildman–Crippen LogP) is 1.32. The number of thiazole rings is 1. The SMILES string of the molecule is c1csc([C]2NCCS2)n1. The zero-order chi connectivity index (χ0) is 6.81. The largest absolute Gasteiger partial charge is 0.294 e. The predicted molar refractivity (Wildman–Crippen MR) is 44.9 cm³/mol. The topological polar surface area (TPSA) is 24.9 Å². The van der Waals surface area contributed by atoms with E-state index in [1.54, 1.807) is 11.3 Å². The summed E-state index contributed by atoms with van der Waals surface area (Å²) in [6.45, 7) is 1.08. The molecule has 53 valence electrons.